The van der Waals surface area contributed by atoms with Gasteiger partial charge in [-0.15, -0.1) is 0 Å². The van der Waals surface area contributed by atoms with Crippen LogP contribution in [-0.4, -0.2) is 73.9 Å². The van der Waals surface area contributed by atoms with Crippen molar-refractivity contribution in [1.29, 1.82) is 0 Å². The Morgan fingerprint density at radius 3 is 2.96 bits per heavy atom. The van der Waals surface area contributed by atoms with Gasteiger partial charge in [-0.1, -0.05) is 0 Å². The van der Waals surface area contributed by atoms with Gasteiger partial charge in [0.25, 0.3) is 0 Å². The zero-order valence-electron chi connectivity index (χ0n) is 12.7. The average Bonchev–Trinajstić information content (AvgIpc) is 3.07. The number of fused-ring (bicyclic) bond motifs is 1. The van der Waals surface area contributed by atoms with E-state index in [-0.39, 0.29) is 6.61 Å². The van der Waals surface area contributed by atoms with Crippen LogP contribution >= 0.6 is 15.9 Å². The van der Waals surface area contributed by atoms with Crippen molar-refractivity contribution in [3.05, 3.63) is 11.1 Å². The quantitative estimate of drug-likeness (QED) is 0.447. The first kappa shape index (κ1) is 16.2. The minimum atomic E-state index is -0.723. The second-order valence-corrected chi connectivity index (χ2v) is 6.17. The summed E-state index contributed by atoms with van der Waals surface area (Å²) in [4.78, 5) is 19.0. The third-order valence-electron chi connectivity index (χ3n) is 3.48. The highest BCUT2D eigenvalue weighted by Crippen LogP contribution is 2.32. The van der Waals surface area contributed by atoms with Gasteiger partial charge in [-0.05, 0) is 15.9 Å². The van der Waals surface area contributed by atoms with Crippen LogP contribution in [0.1, 0.15) is 12.6 Å². The molecule has 1 saturated heterocycles. The molecule has 3 atom stereocenters. The summed E-state index contributed by atoms with van der Waals surface area (Å²) in [5.41, 5.74) is 1.09. The van der Waals surface area contributed by atoms with Crippen molar-refractivity contribution >= 4 is 39.3 Å². The number of imidazole rings is 1. The van der Waals surface area contributed by atoms with E-state index in [4.69, 9.17) is 4.74 Å². The van der Waals surface area contributed by atoms with Gasteiger partial charge < -0.3 is 19.8 Å². The highest BCUT2D eigenvalue weighted by atomic mass is 79.9. The number of aliphatic imine (C=N–C) groups is 1. The van der Waals surface area contributed by atoms with Crippen LogP contribution in [0.15, 0.2) is 16.1 Å². The van der Waals surface area contributed by atoms with Crippen LogP contribution in [0.5, 0.6) is 0 Å². The standard InChI is InChI=1S/C13H17BrN6O3/c1-19(2)5-16-11-10-12(18-13(14)17-11)20(6-15-10)9-3-7(22)8(4-21)23-9/h5-9,21-22H,3-4H2,1-2H3/t7-,8+,9-/m0/s1. The Morgan fingerprint density at radius 2 is 2.30 bits per heavy atom. The van der Waals surface area contributed by atoms with E-state index < -0.39 is 18.4 Å². The van der Waals surface area contributed by atoms with Gasteiger partial charge in [-0.2, -0.15) is 0 Å². The number of halogens is 1. The average molecular weight is 385 g/mol. The molecule has 0 aromatic carbocycles. The van der Waals surface area contributed by atoms with E-state index in [9.17, 15) is 10.2 Å². The lowest BCUT2D eigenvalue weighted by molar-refractivity contribution is -0.0432. The second-order valence-electron chi connectivity index (χ2n) is 5.46. The van der Waals surface area contributed by atoms with Gasteiger partial charge in [-0.3, -0.25) is 4.57 Å². The lowest BCUT2D eigenvalue weighted by Crippen LogP contribution is -2.24. The molecular formula is C13H17BrN6O3. The Kier molecular flexibility index (Phi) is 4.57. The fourth-order valence-electron chi connectivity index (χ4n) is 2.40. The number of aromatic nitrogens is 4. The van der Waals surface area contributed by atoms with Crippen molar-refractivity contribution in [2.45, 2.75) is 24.9 Å². The maximum atomic E-state index is 9.89. The number of hydrogen-bond acceptors (Lipinski definition) is 7. The molecule has 0 saturated carbocycles. The summed E-state index contributed by atoms with van der Waals surface area (Å²) < 4.78 is 7.76. The molecule has 0 amide bonds. The van der Waals surface area contributed by atoms with Crippen LogP contribution in [0, 0.1) is 0 Å². The summed E-state index contributed by atoms with van der Waals surface area (Å²) in [5, 5.41) is 19.1. The van der Waals surface area contributed by atoms with E-state index in [1.165, 1.54) is 0 Å². The largest absolute Gasteiger partial charge is 0.394 e. The molecule has 9 nitrogen and oxygen atoms in total. The molecule has 1 aliphatic heterocycles. The molecule has 2 aromatic rings. The fraction of sp³-hybridized carbons (Fsp3) is 0.538. The molecule has 1 fully saturated rings. The van der Waals surface area contributed by atoms with Crippen molar-refractivity contribution in [3.8, 4) is 0 Å². The van der Waals surface area contributed by atoms with Gasteiger partial charge in [0.15, 0.2) is 17.0 Å². The van der Waals surface area contributed by atoms with E-state index in [1.807, 2.05) is 14.1 Å². The molecule has 0 radical (unpaired) electrons. The van der Waals surface area contributed by atoms with Crippen LogP contribution in [0.4, 0.5) is 5.82 Å². The van der Waals surface area contributed by atoms with Crippen LogP contribution in [0.25, 0.3) is 11.2 Å². The molecule has 3 rings (SSSR count). The summed E-state index contributed by atoms with van der Waals surface area (Å²) in [5.74, 6) is 0.437. The summed E-state index contributed by atoms with van der Waals surface area (Å²) >= 11 is 3.27. The van der Waals surface area contributed by atoms with Crippen LogP contribution < -0.4 is 0 Å². The predicted molar refractivity (Wildman–Crippen MR) is 86.5 cm³/mol. The number of rotatable bonds is 4. The maximum absolute atomic E-state index is 9.89. The first-order valence-corrected chi connectivity index (χ1v) is 7.84. The number of aliphatic hydroxyl groups excluding tert-OH is 2. The smallest absolute Gasteiger partial charge is 0.200 e. The van der Waals surface area contributed by atoms with Gasteiger partial charge >= 0.3 is 0 Å². The van der Waals surface area contributed by atoms with Gasteiger partial charge in [0, 0.05) is 20.5 Å². The topological polar surface area (TPSA) is 109 Å². The molecule has 0 unspecified atom stereocenters. The molecule has 0 spiro atoms. The van der Waals surface area contributed by atoms with Crippen molar-refractivity contribution in [1.82, 2.24) is 24.4 Å². The van der Waals surface area contributed by atoms with E-state index >= 15 is 0 Å². The number of ether oxygens (including phenoxy) is 1. The second kappa shape index (κ2) is 6.48. The molecule has 0 aliphatic carbocycles. The lowest BCUT2D eigenvalue weighted by Gasteiger charge is -2.13. The SMILES string of the molecule is CN(C)C=Nc1nc(Br)nc2c1ncn2[C@@H]1C[C@H](O)[C@@H](CO)O1. The third-order valence-corrected chi connectivity index (χ3v) is 3.84. The van der Waals surface area contributed by atoms with Crippen LogP contribution in [0.2, 0.25) is 0 Å². The highest BCUT2D eigenvalue weighted by molar-refractivity contribution is 9.10. The fourth-order valence-corrected chi connectivity index (χ4v) is 2.73. The summed E-state index contributed by atoms with van der Waals surface area (Å²) in [6.45, 7) is -0.235. The zero-order valence-corrected chi connectivity index (χ0v) is 14.3. The van der Waals surface area contributed by atoms with Gasteiger partial charge in [0.2, 0.25) is 4.73 Å². The predicted octanol–water partition coefficient (Wildman–Crippen LogP) is 0.451. The van der Waals surface area contributed by atoms with Gasteiger partial charge in [-0.25, -0.2) is 19.9 Å². The minimum Gasteiger partial charge on any atom is -0.394 e. The molecule has 10 heteroatoms. The molecular weight excluding hydrogens is 368 g/mol. The van der Waals surface area contributed by atoms with E-state index in [1.54, 1.807) is 22.1 Å². The van der Waals surface area contributed by atoms with Crippen LogP contribution in [-0.2, 0) is 4.74 Å². The Hall–Kier alpha value is -1.62. The molecule has 2 aromatic heterocycles. The van der Waals surface area contributed by atoms with Gasteiger partial charge in [0.1, 0.15) is 12.3 Å². The Balaban J connectivity index is 2.01. The first-order valence-electron chi connectivity index (χ1n) is 7.04. The summed E-state index contributed by atoms with van der Waals surface area (Å²) in [7, 11) is 3.72. The van der Waals surface area contributed by atoms with Crippen molar-refractivity contribution in [3.63, 3.8) is 0 Å². The Morgan fingerprint density at radius 1 is 1.52 bits per heavy atom. The molecule has 124 valence electrons. The molecule has 0 bridgehead atoms. The Bertz CT molecular complexity index is 734. The highest BCUT2D eigenvalue weighted by Gasteiger charge is 2.35. The monoisotopic (exact) mass is 384 g/mol. The molecule has 2 N–H and O–H groups in total. The Labute approximate surface area is 140 Å². The zero-order chi connectivity index (χ0) is 16.6. The number of aliphatic hydroxyl groups is 2. The number of hydrogen-bond donors (Lipinski definition) is 2. The first-order chi connectivity index (χ1) is 11.0. The third kappa shape index (κ3) is 3.20. The maximum Gasteiger partial charge on any atom is 0.200 e. The minimum absolute atomic E-state index is 0.235. The summed E-state index contributed by atoms with van der Waals surface area (Å²) in [6.07, 6.45) is 1.80. The molecule has 23 heavy (non-hydrogen) atoms. The van der Waals surface area contributed by atoms with Crippen molar-refractivity contribution < 1.29 is 14.9 Å². The normalized spacial score (nSPS) is 24.8. The van der Waals surface area contributed by atoms with Crippen LogP contribution in [0.3, 0.4) is 0 Å². The van der Waals surface area contributed by atoms with E-state index in [2.05, 4.69) is 35.9 Å². The van der Waals surface area contributed by atoms with E-state index in [0.717, 1.165) is 0 Å². The molecule has 1 aliphatic rings. The van der Waals surface area contributed by atoms with Crippen molar-refractivity contribution in [2.75, 3.05) is 20.7 Å². The summed E-state index contributed by atoms with van der Waals surface area (Å²) in [6, 6.07) is 0. The van der Waals surface area contributed by atoms with Crippen molar-refractivity contribution in [2.24, 2.45) is 4.99 Å². The number of nitrogens with zero attached hydrogens (tertiary/aromatic N) is 6. The lowest BCUT2D eigenvalue weighted by atomic mass is 10.2. The van der Waals surface area contributed by atoms with E-state index in [0.29, 0.717) is 28.1 Å². The van der Waals surface area contributed by atoms with Gasteiger partial charge in [0.05, 0.1) is 25.4 Å². The molecule has 3 heterocycles.